The maximum absolute atomic E-state index is 13.0. The summed E-state index contributed by atoms with van der Waals surface area (Å²) in [7, 11) is 1.43. The number of imide groups is 1. The van der Waals surface area contributed by atoms with Crippen molar-refractivity contribution < 1.29 is 23.7 Å². The Morgan fingerprint density at radius 3 is 2.44 bits per heavy atom. The number of nitro groups is 1. The first-order valence-electron chi connectivity index (χ1n) is 10.5. The molecule has 1 saturated heterocycles. The van der Waals surface area contributed by atoms with Gasteiger partial charge in [0.2, 0.25) is 0 Å². The molecule has 0 N–H and O–H groups in total. The summed E-state index contributed by atoms with van der Waals surface area (Å²) in [6.45, 7) is 0. The molecule has 2 bridgehead atoms. The Labute approximate surface area is 182 Å². The van der Waals surface area contributed by atoms with Gasteiger partial charge >= 0.3 is 0 Å². The lowest BCUT2D eigenvalue weighted by Gasteiger charge is -2.18. The first-order valence-corrected chi connectivity index (χ1v) is 10.5. The number of nitrogens with zero attached hydrogens (tertiary/aromatic N) is 3. The molecule has 1 aliphatic heterocycles. The summed E-state index contributed by atoms with van der Waals surface area (Å²) in [4.78, 5) is 36.9. The van der Waals surface area contributed by atoms with Gasteiger partial charge in [-0.15, -0.1) is 0 Å². The van der Waals surface area contributed by atoms with Crippen LogP contribution >= 0.6 is 0 Å². The summed E-state index contributed by atoms with van der Waals surface area (Å²) in [6, 6.07) is 7.64. The SMILES string of the molecule is COc1ccc(-c2ccc(/C=N\N3C(=O)[C@@H]4[C@H](C3=O)[C@H]3C=C[C@@H]4C34CC4)o2)c([N+](=O)[O-])c1. The van der Waals surface area contributed by atoms with E-state index >= 15 is 0 Å². The molecule has 162 valence electrons. The summed E-state index contributed by atoms with van der Waals surface area (Å²) in [5.74, 6) is 0.0606. The molecule has 4 atom stereocenters. The largest absolute Gasteiger partial charge is 0.497 e. The number of hydrazone groups is 1. The third-order valence-corrected chi connectivity index (χ3v) is 7.42. The Morgan fingerprint density at radius 2 is 1.84 bits per heavy atom. The van der Waals surface area contributed by atoms with Gasteiger partial charge in [-0.2, -0.15) is 10.1 Å². The van der Waals surface area contributed by atoms with E-state index in [4.69, 9.17) is 9.15 Å². The number of allylic oxidation sites excluding steroid dienone is 2. The number of rotatable bonds is 5. The molecule has 0 radical (unpaired) electrons. The van der Waals surface area contributed by atoms with Crippen LogP contribution in [-0.2, 0) is 9.59 Å². The lowest BCUT2D eigenvalue weighted by atomic mass is 9.85. The summed E-state index contributed by atoms with van der Waals surface area (Å²) in [5.41, 5.74) is 0.270. The number of fused-ring (bicyclic) bond motifs is 3. The minimum absolute atomic E-state index is 0.138. The number of nitro benzene ring substituents is 1. The molecule has 4 aliphatic rings. The second kappa shape index (κ2) is 6.38. The average Bonchev–Trinajstić information content (AvgIpc) is 3.08. The standard InChI is InChI=1S/C23H19N3O6/c1-31-12-2-4-14(17(10-12)26(29)30)18-7-3-13(32-18)11-24-25-21(27)19-15-5-6-16(20(19)22(25)28)23(15)8-9-23/h2-7,10-11,15-16,19-20H,8-9H2,1H3/b24-11-/t15-,16+,19-,20+. The van der Waals surface area contributed by atoms with E-state index in [1.807, 2.05) is 0 Å². The van der Waals surface area contributed by atoms with Crippen molar-refractivity contribution in [3.8, 4) is 17.1 Å². The van der Waals surface area contributed by atoms with Gasteiger partial charge in [-0.25, -0.2) is 0 Å². The molecule has 9 nitrogen and oxygen atoms in total. The molecule has 9 heteroatoms. The van der Waals surface area contributed by atoms with Crippen LogP contribution in [-0.4, -0.2) is 35.1 Å². The molecule has 2 amide bonds. The number of ether oxygens (including phenoxy) is 1. The first kappa shape index (κ1) is 19.0. The molecule has 2 heterocycles. The number of carbonyl (C=O) groups excluding carboxylic acids is 2. The third kappa shape index (κ3) is 2.41. The fourth-order valence-electron chi connectivity index (χ4n) is 5.86. The van der Waals surface area contributed by atoms with Crippen LogP contribution in [0.4, 0.5) is 5.69 Å². The van der Waals surface area contributed by atoms with Crippen molar-refractivity contribution in [2.75, 3.05) is 7.11 Å². The van der Waals surface area contributed by atoms with Crippen LogP contribution in [0.25, 0.3) is 11.3 Å². The summed E-state index contributed by atoms with van der Waals surface area (Å²) >= 11 is 0. The van der Waals surface area contributed by atoms with Crippen LogP contribution in [0.3, 0.4) is 0 Å². The molecule has 2 saturated carbocycles. The van der Waals surface area contributed by atoms with Crippen molar-refractivity contribution in [3.63, 3.8) is 0 Å². The minimum Gasteiger partial charge on any atom is -0.497 e. The van der Waals surface area contributed by atoms with Crippen LogP contribution in [0.5, 0.6) is 5.75 Å². The maximum atomic E-state index is 13.0. The van der Waals surface area contributed by atoms with E-state index in [1.54, 1.807) is 24.3 Å². The smallest absolute Gasteiger partial charge is 0.284 e. The van der Waals surface area contributed by atoms with E-state index in [0.717, 1.165) is 17.9 Å². The van der Waals surface area contributed by atoms with Gasteiger partial charge in [-0.3, -0.25) is 19.7 Å². The zero-order valence-corrected chi connectivity index (χ0v) is 17.1. The van der Waals surface area contributed by atoms with E-state index in [2.05, 4.69) is 17.3 Å². The van der Waals surface area contributed by atoms with Gasteiger partial charge in [0.05, 0.1) is 41.7 Å². The number of carbonyl (C=O) groups is 2. The number of amides is 2. The zero-order valence-electron chi connectivity index (χ0n) is 17.1. The van der Waals surface area contributed by atoms with Gasteiger partial charge in [0.25, 0.3) is 17.5 Å². The highest BCUT2D eigenvalue weighted by molar-refractivity contribution is 6.07. The van der Waals surface area contributed by atoms with Gasteiger partial charge in [-0.05, 0) is 54.4 Å². The number of furan rings is 1. The van der Waals surface area contributed by atoms with Gasteiger partial charge in [-0.1, -0.05) is 12.2 Å². The Hall–Kier alpha value is -3.75. The topological polar surface area (TPSA) is 115 Å². The third-order valence-electron chi connectivity index (χ3n) is 7.42. The number of hydrogen-bond donors (Lipinski definition) is 0. The minimum atomic E-state index is -0.510. The maximum Gasteiger partial charge on any atom is 0.284 e. The second-order valence-electron chi connectivity index (χ2n) is 8.80. The monoisotopic (exact) mass is 433 g/mol. The highest BCUT2D eigenvalue weighted by Gasteiger charge is 2.73. The van der Waals surface area contributed by atoms with Crippen molar-refractivity contribution in [1.29, 1.82) is 0 Å². The molecular weight excluding hydrogens is 414 g/mol. The number of methoxy groups -OCH3 is 1. The fraction of sp³-hybridized carbons (Fsp3) is 0.348. The van der Waals surface area contributed by atoms with E-state index in [1.165, 1.54) is 19.4 Å². The Balaban J connectivity index is 1.25. The highest BCUT2D eigenvalue weighted by Crippen LogP contribution is 2.73. The van der Waals surface area contributed by atoms with E-state index in [-0.39, 0.29) is 63.7 Å². The predicted molar refractivity (Wildman–Crippen MR) is 112 cm³/mol. The van der Waals surface area contributed by atoms with E-state index in [9.17, 15) is 19.7 Å². The van der Waals surface area contributed by atoms with Gasteiger partial charge in [0.1, 0.15) is 17.3 Å². The zero-order chi connectivity index (χ0) is 22.2. The predicted octanol–water partition coefficient (Wildman–Crippen LogP) is 3.39. The molecule has 32 heavy (non-hydrogen) atoms. The van der Waals surface area contributed by atoms with Crippen molar-refractivity contribution in [1.82, 2.24) is 5.01 Å². The molecule has 0 unspecified atom stereocenters. The molecule has 1 aromatic carbocycles. The molecule has 2 aromatic rings. The van der Waals surface area contributed by atoms with Crippen molar-refractivity contribution in [2.24, 2.45) is 34.2 Å². The average molecular weight is 433 g/mol. The second-order valence-corrected chi connectivity index (χ2v) is 8.80. The summed E-state index contributed by atoms with van der Waals surface area (Å²) in [5, 5.41) is 16.5. The van der Waals surface area contributed by atoms with Crippen LogP contribution < -0.4 is 4.74 Å². The van der Waals surface area contributed by atoms with Gasteiger partial charge in [0, 0.05) is 0 Å². The summed E-state index contributed by atoms with van der Waals surface area (Å²) in [6.07, 6.45) is 7.69. The summed E-state index contributed by atoms with van der Waals surface area (Å²) < 4.78 is 10.8. The van der Waals surface area contributed by atoms with Crippen LogP contribution in [0.1, 0.15) is 18.6 Å². The normalized spacial score (nSPS) is 28.8. The van der Waals surface area contributed by atoms with Crippen molar-refractivity contribution in [2.45, 2.75) is 12.8 Å². The van der Waals surface area contributed by atoms with Gasteiger partial charge < -0.3 is 9.15 Å². The van der Waals surface area contributed by atoms with Crippen molar-refractivity contribution >= 4 is 23.7 Å². The molecule has 6 rings (SSSR count). The van der Waals surface area contributed by atoms with Crippen LogP contribution in [0.15, 0.2) is 52.0 Å². The van der Waals surface area contributed by atoms with Crippen LogP contribution in [0.2, 0.25) is 0 Å². The van der Waals surface area contributed by atoms with Crippen LogP contribution in [0, 0.1) is 39.2 Å². The lowest BCUT2D eigenvalue weighted by Crippen LogP contribution is -2.30. The first-order chi connectivity index (χ1) is 15.4. The lowest BCUT2D eigenvalue weighted by molar-refractivity contribution is -0.384. The van der Waals surface area contributed by atoms with Crippen molar-refractivity contribution in [3.05, 3.63) is 58.4 Å². The molecule has 1 spiro atoms. The Morgan fingerprint density at radius 1 is 1.16 bits per heavy atom. The molecule has 3 fully saturated rings. The quantitative estimate of drug-likeness (QED) is 0.235. The molecule has 1 aromatic heterocycles. The van der Waals surface area contributed by atoms with Gasteiger partial charge in [0.15, 0.2) is 0 Å². The van der Waals surface area contributed by atoms with E-state index in [0.29, 0.717) is 5.75 Å². The fourth-order valence-corrected chi connectivity index (χ4v) is 5.86. The number of hydrogen-bond acceptors (Lipinski definition) is 7. The number of benzene rings is 1. The highest BCUT2D eigenvalue weighted by atomic mass is 16.6. The Bertz CT molecular complexity index is 1210. The molecule has 3 aliphatic carbocycles. The van der Waals surface area contributed by atoms with E-state index < -0.39 is 4.92 Å². The Kier molecular flexibility index (Phi) is 3.78. The molecular formula is C23H19N3O6.